The Kier molecular flexibility index (Phi) is 5.11. The quantitative estimate of drug-likeness (QED) is 0.331. The number of hydrogen-bond acceptors (Lipinski definition) is 4. The maximum absolute atomic E-state index is 10.9. The van der Waals surface area contributed by atoms with E-state index in [0.29, 0.717) is 10.6 Å². The molecular weight excluding hydrogens is 226 g/mol. The highest BCUT2D eigenvalue weighted by Gasteiger charge is 2.14. The molecule has 0 fully saturated rings. The van der Waals surface area contributed by atoms with Gasteiger partial charge in [-0.3, -0.25) is 10.1 Å². The van der Waals surface area contributed by atoms with Crippen LogP contribution in [0.1, 0.15) is 19.8 Å². The van der Waals surface area contributed by atoms with Crippen molar-refractivity contribution < 1.29 is 9.66 Å². The number of nitrogens with zero attached hydrogens (tertiary/aromatic N) is 1. The number of benzene rings is 1. The minimum absolute atomic E-state index is 0.125. The molecule has 0 amide bonds. The first-order valence-electron chi connectivity index (χ1n) is 5.14. The molecule has 0 spiro atoms. The first-order valence-corrected chi connectivity index (χ1v) is 6.12. The molecule has 1 aromatic rings. The van der Waals surface area contributed by atoms with Gasteiger partial charge in [0.25, 0.3) is 5.69 Å². The van der Waals surface area contributed by atoms with Crippen molar-refractivity contribution >= 4 is 17.4 Å². The molecule has 88 valence electrons. The van der Waals surface area contributed by atoms with E-state index < -0.39 is 0 Å². The van der Waals surface area contributed by atoms with Crippen LogP contribution in [0.15, 0.2) is 23.1 Å². The zero-order chi connectivity index (χ0) is 12.0. The fourth-order valence-corrected chi connectivity index (χ4v) is 2.31. The largest absolute Gasteiger partial charge is 0.497 e. The fourth-order valence-electron chi connectivity index (χ4n) is 1.22. The average molecular weight is 241 g/mol. The molecule has 0 aliphatic carbocycles. The molecule has 0 heterocycles. The summed E-state index contributed by atoms with van der Waals surface area (Å²) in [5, 5.41) is 10.9. The summed E-state index contributed by atoms with van der Waals surface area (Å²) in [7, 11) is 1.50. The first-order chi connectivity index (χ1) is 7.69. The van der Waals surface area contributed by atoms with Gasteiger partial charge in [0, 0.05) is 0 Å². The highest BCUT2D eigenvalue weighted by molar-refractivity contribution is 7.99. The molecule has 0 saturated heterocycles. The maximum Gasteiger partial charge on any atom is 0.286 e. The van der Waals surface area contributed by atoms with Crippen LogP contribution >= 0.6 is 11.8 Å². The van der Waals surface area contributed by atoms with Crippen molar-refractivity contribution in [2.24, 2.45) is 0 Å². The summed E-state index contributed by atoms with van der Waals surface area (Å²) >= 11 is 1.52. The Hall–Kier alpha value is -1.23. The van der Waals surface area contributed by atoms with Gasteiger partial charge < -0.3 is 4.74 Å². The number of ether oxygens (including phenoxy) is 1. The highest BCUT2D eigenvalue weighted by atomic mass is 32.2. The third-order valence-electron chi connectivity index (χ3n) is 2.12. The van der Waals surface area contributed by atoms with E-state index in [4.69, 9.17) is 4.74 Å². The summed E-state index contributed by atoms with van der Waals surface area (Å²) in [6.45, 7) is 2.10. The van der Waals surface area contributed by atoms with Gasteiger partial charge in [-0.05, 0) is 24.3 Å². The molecule has 0 atom stereocenters. The van der Waals surface area contributed by atoms with Crippen molar-refractivity contribution in [3.63, 3.8) is 0 Å². The van der Waals surface area contributed by atoms with Gasteiger partial charge in [-0.15, -0.1) is 11.8 Å². The van der Waals surface area contributed by atoms with Gasteiger partial charge >= 0.3 is 0 Å². The van der Waals surface area contributed by atoms with Crippen LogP contribution < -0.4 is 4.74 Å². The predicted octanol–water partition coefficient (Wildman–Crippen LogP) is 3.50. The van der Waals surface area contributed by atoms with E-state index in [0.717, 1.165) is 18.6 Å². The topological polar surface area (TPSA) is 52.4 Å². The molecule has 0 bridgehead atoms. The van der Waals surface area contributed by atoms with Crippen molar-refractivity contribution in [2.75, 3.05) is 12.9 Å². The Morgan fingerprint density at radius 3 is 2.81 bits per heavy atom. The second kappa shape index (κ2) is 6.37. The van der Waals surface area contributed by atoms with E-state index in [1.165, 1.54) is 24.9 Å². The maximum atomic E-state index is 10.9. The van der Waals surface area contributed by atoms with Crippen molar-refractivity contribution in [1.82, 2.24) is 0 Å². The van der Waals surface area contributed by atoms with Crippen LogP contribution in [0.2, 0.25) is 0 Å². The van der Waals surface area contributed by atoms with Crippen LogP contribution in [0.5, 0.6) is 5.75 Å². The summed E-state index contributed by atoms with van der Waals surface area (Å²) < 4.78 is 4.97. The molecule has 4 nitrogen and oxygen atoms in total. The monoisotopic (exact) mass is 241 g/mol. The van der Waals surface area contributed by atoms with E-state index in [9.17, 15) is 10.1 Å². The van der Waals surface area contributed by atoms with Crippen molar-refractivity contribution in [3.8, 4) is 5.75 Å². The molecule has 16 heavy (non-hydrogen) atoms. The van der Waals surface area contributed by atoms with E-state index in [2.05, 4.69) is 6.92 Å². The van der Waals surface area contributed by atoms with Crippen LogP contribution in [0, 0.1) is 10.1 Å². The van der Waals surface area contributed by atoms with Gasteiger partial charge in [0.2, 0.25) is 0 Å². The third kappa shape index (κ3) is 3.41. The summed E-state index contributed by atoms with van der Waals surface area (Å²) in [5.41, 5.74) is 0.125. The second-order valence-corrected chi connectivity index (χ2v) is 4.43. The summed E-state index contributed by atoms with van der Waals surface area (Å²) in [5.74, 6) is 1.43. The number of nitro benzene ring substituents is 1. The lowest BCUT2D eigenvalue weighted by molar-refractivity contribution is -0.387. The molecule has 1 rings (SSSR count). The second-order valence-electron chi connectivity index (χ2n) is 3.29. The lowest BCUT2D eigenvalue weighted by atomic mass is 10.3. The lowest BCUT2D eigenvalue weighted by Gasteiger charge is -2.04. The number of rotatable bonds is 6. The van der Waals surface area contributed by atoms with Gasteiger partial charge in [-0.2, -0.15) is 0 Å². The van der Waals surface area contributed by atoms with Gasteiger partial charge in [0.15, 0.2) is 0 Å². The first kappa shape index (κ1) is 12.8. The Balaban J connectivity index is 2.85. The van der Waals surface area contributed by atoms with E-state index in [1.54, 1.807) is 12.1 Å². The minimum atomic E-state index is -0.364. The minimum Gasteiger partial charge on any atom is -0.497 e. The smallest absolute Gasteiger partial charge is 0.286 e. The third-order valence-corrected chi connectivity index (χ3v) is 3.27. The zero-order valence-electron chi connectivity index (χ0n) is 9.43. The van der Waals surface area contributed by atoms with Crippen LogP contribution in [0.25, 0.3) is 0 Å². The molecule has 0 N–H and O–H groups in total. The van der Waals surface area contributed by atoms with Gasteiger partial charge in [-0.1, -0.05) is 13.3 Å². The zero-order valence-corrected chi connectivity index (χ0v) is 10.3. The molecule has 0 saturated carbocycles. The van der Waals surface area contributed by atoms with Gasteiger partial charge in [-0.25, -0.2) is 0 Å². The average Bonchev–Trinajstić information content (AvgIpc) is 2.29. The Labute approximate surface area is 99.1 Å². The van der Waals surface area contributed by atoms with Crippen molar-refractivity contribution in [3.05, 3.63) is 28.3 Å². The van der Waals surface area contributed by atoms with Crippen molar-refractivity contribution in [2.45, 2.75) is 24.7 Å². The van der Waals surface area contributed by atoms with Crippen LogP contribution in [0.3, 0.4) is 0 Å². The summed E-state index contributed by atoms with van der Waals surface area (Å²) in [4.78, 5) is 11.2. The van der Waals surface area contributed by atoms with Gasteiger partial charge in [0.1, 0.15) is 5.75 Å². The lowest BCUT2D eigenvalue weighted by Crippen LogP contribution is -1.93. The summed E-state index contributed by atoms with van der Waals surface area (Å²) in [6.07, 6.45) is 2.16. The molecule has 0 aromatic heterocycles. The molecule has 0 radical (unpaired) electrons. The normalized spacial score (nSPS) is 10.1. The van der Waals surface area contributed by atoms with E-state index in [1.807, 2.05) is 0 Å². The Morgan fingerprint density at radius 2 is 2.25 bits per heavy atom. The molecule has 0 aliphatic heterocycles. The van der Waals surface area contributed by atoms with E-state index in [-0.39, 0.29) is 10.6 Å². The molecule has 0 aliphatic rings. The Bertz CT molecular complexity index is 368. The van der Waals surface area contributed by atoms with Crippen LogP contribution in [0.4, 0.5) is 5.69 Å². The molecule has 0 unspecified atom stereocenters. The van der Waals surface area contributed by atoms with Crippen LogP contribution in [-0.4, -0.2) is 17.8 Å². The Morgan fingerprint density at radius 1 is 1.50 bits per heavy atom. The standard InChI is InChI=1S/C11H15NO3S/c1-3-4-7-16-11-6-5-9(15-2)8-10(11)12(13)14/h5-6,8H,3-4,7H2,1-2H3. The summed E-state index contributed by atoms with van der Waals surface area (Å²) in [6, 6.07) is 4.97. The van der Waals surface area contributed by atoms with Crippen LogP contribution in [-0.2, 0) is 0 Å². The number of thioether (sulfide) groups is 1. The highest BCUT2D eigenvalue weighted by Crippen LogP contribution is 2.32. The molecular formula is C11H15NO3S. The number of hydrogen-bond donors (Lipinski definition) is 0. The number of unbranched alkanes of at least 4 members (excludes halogenated alkanes) is 1. The number of nitro groups is 1. The predicted molar refractivity (Wildman–Crippen MR) is 65.3 cm³/mol. The fraction of sp³-hybridized carbons (Fsp3) is 0.455. The molecule has 1 aromatic carbocycles. The van der Waals surface area contributed by atoms with Gasteiger partial charge in [0.05, 0.1) is 23.0 Å². The SMILES string of the molecule is CCCCSc1ccc(OC)cc1[N+](=O)[O-]. The molecule has 5 heteroatoms. The van der Waals surface area contributed by atoms with Crippen molar-refractivity contribution in [1.29, 1.82) is 0 Å². The number of methoxy groups -OCH3 is 1. The van der Waals surface area contributed by atoms with E-state index >= 15 is 0 Å².